The SMILES string of the molecule is CC1=C(C)C(C)(C)C(=O)NC1=O. The molecule has 0 saturated heterocycles. The fraction of sp³-hybridized carbons (Fsp3) is 0.556. The van der Waals surface area contributed by atoms with Crippen molar-refractivity contribution in [2.45, 2.75) is 27.7 Å². The number of imide groups is 1. The molecule has 0 aromatic heterocycles. The number of carbonyl (C=O) groups excluding carboxylic acids is 2. The van der Waals surface area contributed by atoms with E-state index in [2.05, 4.69) is 5.32 Å². The van der Waals surface area contributed by atoms with Crippen molar-refractivity contribution in [3.8, 4) is 0 Å². The van der Waals surface area contributed by atoms with Gasteiger partial charge in [-0.15, -0.1) is 0 Å². The second-order valence-electron chi connectivity index (χ2n) is 3.66. The fourth-order valence-corrected chi connectivity index (χ4v) is 1.16. The van der Waals surface area contributed by atoms with E-state index in [1.54, 1.807) is 6.92 Å². The van der Waals surface area contributed by atoms with Crippen LogP contribution >= 0.6 is 0 Å². The van der Waals surface area contributed by atoms with E-state index in [-0.39, 0.29) is 11.8 Å². The molecule has 0 aromatic carbocycles. The molecule has 1 aliphatic rings. The number of amides is 2. The summed E-state index contributed by atoms with van der Waals surface area (Å²) in [4.78, 5) is 22.4. The smallest absolute Gasteiger partial charge is 0.253 e. The van der Waals surface area contributed by atoms with Crippen LogP contribution in [0.2, 0.25) is 0 Å². The Bertz CT molecular complexity index is 287. The highest BCUT2D eigenvalue weighted by Crippen LogP contribution is 2.31. The van der Waals surface area contributed by atoms with E-state index in [1.165, 1.54) is 0 Å². The molecule has 0 radical (unpaired) electrons. The van der Waals surface area contributed by atoms with Gasteiger partial charge in [0.2, 0.25) is 5.91 Å². The first-order valence-electron chi connectivity index (χ1n) is 3.91. The van der Waals surface area contributed by atoms with Gasteiger partial charge in [0.15, 0.2) is 0 Å². The number of hydrogen-bond donors (Lipinski definition) is 1. The minimum atomic E-state index is -0.544. The van der Waals surface area contributed by atoms with Gasteiger partial charge in [-0.1, -0.05) is 0 Å². The summed E-state index contributed by atoms with van der Waals surface area (Å²) >= 11 is 0. The summed E-state index contributed by atoms with van der Waals surface area (Å²) in [7, 11) is 0. The Labute approximate surface area is 71.8 Å². The van der Waals surface area contributed by atoms with E-state index >= 15 is 0 Å². The first-order valence-corrected chi connectivity index (χ1v) is 3.91. The molecule has 1 N–H and O–H groups in total. The maximum Gasteiger partial charge on any atom is 0.253 e. The first-order chi connectivity index (χ1) is 5.37. The van der Waals surface area contributed by atoms with Crippen LogP contribution in [0.25, 0.3) is 0 Å². The zero-order valence-electron chi connectivity index (χ0n) is 7.82. The highest BCUT2D eigenvalue weighted by atomic mass is 16.2. The molecule has 1 heterocycles. The van der Waals surface area contributed by atoms with Gasteiger partial charge in [0, 0.05) is 5.57 Å². The van der Waals surface area contributed by atoms with Crippen LogP contribution < -0.4 is 5.32 Å². The summed E-state index contributed by atoms with van der Waals surface area (Å²) in [5.74, 6) is -0.479. The Morgan fingerprint density at radius 1 is 1.17 bits per heavy atom. The molecule has 3 heteroatoms. The zero-order valence-corrected chi connectivity index (χ0v) is 7.82. The van der Waals surface area contributed by atoms with Crippen molar-refractivity contribution in [3.63, 3.8) is 0 Å². The van der Waals surface area contributed by atoms with Crippen molar-refractivity contribution in [1.82, 2.24) is 5.32 Å². The van der Waals surface area contributed by atoms with Crippen LogP contribution in [0.3, 0.4) is 0 Å². The molecule has 0 fully saturated rings. The summed E-state index contributed by atoms with van der Waals surface area (Å²) < 4.78 is 0. The van der Waals surface area contributed by atoms with Crippen LogP contribution in [0.4, 0.5) is 0 Å². The van der Waals surface area contributed by atoms with Crippen LogP contribution in [0.1, 0.15) is 27.7 Å². The Morgan fingerprint density at radius 2 is 1.67 bits per heavy atom. The van der Waals surface area contributed by atoms with Crippen LogP contribution in [0.15, 0.2) is 11.1 Å². The summed E-state index contributed by atoms with van der Waals surface area (Å²) in [6, 6.07) is 0. The normalized spacial score (nSPS) is 22.7. The number of nitrogens with one attached hydrogen (secondary N) is 1. The van der Waals surface area contributed by atoms with E-state index in [0.717, 1.165) is 5.57 Å². The van der Waals surface area contributed by atoms with Gasteiger partial charge in [0.05, 0.1) is 5.41 Å². The Hall–Kier alpha value is -1.12. The predicted molar refractivity (Wildman–Crippen MR) is 45.3 cm³/mol. The Morgan fingerprint density at radius 3 is 2.17 bits per heavy atom. The summed E-state index contributed by atoms with van der Waals surface area (Å²) in [5.41, 5.74) is 0.966. The molecule has 0 bridgehead atoms. The van der Waals surface area contributed by atoms with Crippen LogP contribution in [0.5, 0.6) is 0 Å². The summed E-state index contributed by atoms with van der Waals surface area (Å²) in [6.07, 6.45) is 0. The van der Waals surface area contributed by atoms with E-state index in [9.17, 15) is 9.59 Å². The third kappa shape index (κ3) is 1.05. The monoisotopic (exact) mass is 167 g/mol. The summed E-state index contributed by atoms with van der Waals surface area (Å²) in [5, 5.41) is 2.31. The van der Waals surface area contributed by atoms with Crippen molar-refractivity contribution in [2.24, 2.45) is 5.41 Å². The van der Waals surface area contributed by atoms with Crippen LogP contribution in [0, 0.1) is 5.41 Å². The van der Waals surface area contributed by atoms with E-state index in [1.807, 2.05) is 20.8 Å². The minimum Gasteiger partial charge on any atom is -0.292 e. The molecule has 3 nitrogen and oxygen atoms in total. The first kappa shape index (κ1) is 8.97. The summed E-state index contributed by atoms with van der Waals surface area (Å²) in [6.45, 7) is 7.19. The van der Waals surface area contributed by atoms with Gasteiger partial charge in [-0.3, -0.25) is 14.9 Å². The number of carbonyl (C=O) groups is 2. The maximum atomic E-state index is 11.3. The Balaban J connectivity index is 3.25. The lowest BCUT2D eigenvalue weighted by Crippen LogP contribution is -2.46. The molecule has 66 valence electrons. The lowest BCUT2D eigenvalue weighted by atomic mass is 9.79. The van der Waals surface area contributed by atoms with Crippen molar-refractivity contribution < 1.29 is 9.59 Å². The molecule has 0 saturated carbocycles. The average Bonchev–Trinajstić information content (AvgIpc) is 1.99. The highest BCUT2D eigenvalue weighted by molar-refractivity contribution is 6.10. The van der Waals surface area contributed by atoms with E-state index in [4.69, 9.17) is 0 Å². The zero-order chi connectivity index (χ0) is 9.52. The molecule has 1 aliphatic heterocycles. The van der Waals surface area contributed by atoms with E-state index < -0.39 is 5.41 Å². The van der Waals surface area contributed by atoms with Gasteiger partial charge in [-0.25, -0.2) is 0 Å². The average molecular weight is 167 g/mol. The Kier molecular flexibility index (Phi) is 1.82. The quantitative estimate of drug-likeness (QED) is 0.547. The predicted octanol–water partition coefficient (Wildman–Crippen LogP) is 1.01. The molecule has 0 atom stereocenters. The highest BCUT2D eigenvalue weighted by Gasteiger charge is 2.37. The second kappa shape index (κ2) is 2.44. The van der Waals surface area contributed by atoms with Gasteiger partial charge in [-0.2, -0.15) is 0 Å². The molecule has 0 spiro atoms. The molecular weight excluding hydrogens is 154 g/mol. The lowest BCUT2D eigenvalue weighted by Gasteiger charge is -2.30. The standard InChI is InChI=1S/C9H13NO2/c1-5-6(2)9(3,4)8(12)10-7(5)11/h1-4H3,(H,10,11,12). The van der Waals surface area contributed by atoms with Gasteiger partial charge in [0.25, 0.3) is 5.91 Å². The van der Waals surface area contributed by atoms with Gasteiger partial charge >= 0.3 is 0 Å². The molecule has 12 heavy (non-hydrogen) atoms. The van der Waals surface area contributed by atoms with Crippen molar-refractivity contribution in [2.75, 3.05) is 0 Å². The molecular formula is C9H13NO2. The number of hydrogen-bond acceptors (Lipinski definition) is 2. The van der Waals surface area contributed by atoms with Crippen molar-refractivity contribution >= 4 is 11.8 Å². The molecule has 0 aliphatic carbocycles. The third-order valence-electron chi connectivity index (χ3n) is 2.64. The largest absolute Gasteiger partial charge is 0.292 e. The van der Waals surface area contributed by atoms with Gasteiger partial charge < -0.3 is 0 Å². The molecule has 0 unspecified atom stereocenters. The number of rotatable bonds is 0. The van der Waals surface area contributed by atoms with Gasteiger partial charge in [-0.05, 0) is 33.3 Å². The molecule has 1 rings (SSSR count). The topological polar surface area (TPSA) is 46.2 Å². The lowest BCUT2D eigenvalue weighted by molar-refractivity contribution is -0.134. The van der Waals surface area contributed by atoms with Crippen LogP contribution in [-0.4, -0.2) is 11.8 Å². The second-order valence-corrected chi connectivity index (χ2v) is 3.66. The van der Waals surface area contributed by atoms with Crippen LogP contribution in [-0.2, 0) is 9.59 Å². The van der Waals surface area contributed by atoms with Gasteiger partial charge in [0.1, 0.15) is 0 Å². The molecule has 0 aromatic rings. The minimum absolute atomic E-state index is 0.212. The van der Waals surface area contributed by atoms with Crippen molar-refractivity contribution in [3.05, 3.63) is 11.1 Å². The molecule has 2 amide bonds. The maximum absolute atomic E-state index is 11.3. The fourth-order valence-electron chi connectivity index (χ4n) is 1.16. The van der Waals surface area contributed by atoms with Crippen molar-refractivity contribution in [1.29, 1.82) is 0 Å². The third-order valence-corrected chi connectivity index (χ3v) is 2.64. The van der Waals surface area contributed by atoms with E-state index in [0.29, 0.717) is 5.57 Å².